The summed E-state index contributed by atoms with van der Waals surface area (Å²) in [5, 5.41) is 3.43. The van der Waals surface area contributed by atoms with E-state index in [1.807, 2.05) is 18.2 Å². The summed E-state index contributed by atoms with van der Waals surface area (Å²) in [5.41, 5.74) is 0.875. The van der Waals surface area contributed by atoms with Gasteiger partial charge in [0.15, 0.2) is 0 Å². The molecular weight excluding hydrogens is 304 g/mol. The van der Waals surface area contributed by atoms with Crippen LogP contribution in [0.15, 0.2) is 24.3 Å². The molecule has 0 spiro atoms. The molecule has 0 aliphatic rings. The van der Waals surface area contributed by atoms with Crippen LogP contribution in [0.5, 0.6) is 0 Å². The van der Waals surface area contributed by atoms with Crippen LogP contribution in [-0.2, 0) is 20.9 Å². The minimum Gasteiger partial charge on any atom is -0.385 e. The van der Waals surface area contributed by atoms with Crippen LogP contribution in [0.4, 0.5) is 0 Å². The average Bonchev–Trinajstić information content (AvgIpc) is 2.49. The molecule has 0 fully saturated rings. The fraction of sp³-hybridized carbons (Fsp3) is 0.500. The first-order valence-corrected chi connectivity index (χ1v) is 7.67. The zero-order chi connectivity index (χ0) is 16.4. The van der Waals surface area contributed by atoms with E-state index in [1.165, 1.54) is 6.92 Å². The van der Waals surface area contributed by atoms with Gasteiger partial charge < -0.3 is 15.0 Å². The summed E-state index contributed by atoms with van der Waals surface area (Å²) in [6.07, 6.45) is 1.05. The number of rotatable bonds is 9. The molecule has 2 amide bonds. The highest BCUT2D eigenvalue weighted by Gasteiger charge is 2.13. The lowest BCUT2D eigenvalue weighted by Gasteiger charge is -2.21. The fourth-order valence-electron chi connectivity index (χ4n) is 1.95. The molecule has 0 radical (unpaired) electrons. The Morgan fingerprint density at radius 2 is 2.05 bits per heavy atom. The number of hydrogen-bond acceptors (Lipinski definition) is 3. The fourth-order valence-corrected chi connectivity index (χ4v) is 2.14. The van der Waals surface area contributed by atoms with Gasteiger partial charge >= 0.3 is 0 Å². The minimum atomic E-state index is -0.0768. The van der Waals surface area contributed by atoms with E-state index >= 15 is 0 Å². The van der Waals surface area contributed by atoms with Crippen LogP contribution in [-0.4, -0.2) is 43.5 Å². The number of carbonyl (C=O) groups is 2. The van der Waals surface area contributed by atoms with Crippen molar-refractivity contribution in [3.63, 3.8) is 0 Å². The Balaban J connectivity index is 2.43. The first-order chi connectivity index (χ1) is 10.5. The average molecular weight is 327 g/mol. The maximum Gasteiger partial charge on any atom is 0.221 e. The molecule has 0 aromatic heterocycles. The molecule has 6 heteroatoms. The Labute approximate surface area is 136 Å². The molecule has 0 atom stereocenters. The first-order valence-electron chi connectivity index (χ1n) is 7.29. The molecule has 122 valence electrons. The summed E-state index contributed by atoms with van der Waals surface area (Å²) in [6.45, 7) is 3.47. The van der Waals surface area contributed by atoms with Crippen LogP contribution < -0.4 is 5.32 Å². The first kappa shape index (κ1) is 18.5. The number of nitrogens with one attached hydrogen (secondary N) is 1. The van der Waals surface area contributed by atoms with Gasteiger partial charge in [-0.3, -0.25) is 9.59 Å². The van der Waals surface area contributed by atoms with Crippen molar-refractivity contribution in [2.24, 2.45) is 0 Å². The Morgan fingerprint density at radius 1 is 1.32 bits per heavy atom. The second-order valence-electron chi connectivity index (χ2n) is 4.98. The van der Waals surface area contributed by atoms with Gasteiger partial charge in [-0.15, -0.1) is 0 Å². The van der Waals surface area contributed by atoms with E-state index in [-0.39, 0.29) is 18.2 Å². The largest absolute Gasteiger partial charge is 0.385 e. The topological polar surface area (TPSA) is 58.6 Å². The second kappa shape index (κ2) is 10.2. The van der Waals surface area contributed by atoms with Gasteiger partial charge in [0.2, 0.25) is 11.8 Å². The molecule has 0 saturated heterocycles. The number of ether oxygens (including phenoxy) is 1. The van der Waals surface area contributed by atoms with E-state index in [0.29, 0.717) is 31.3 Å². The number of benzene rings is 1. The molecule has 22 heavy (non-hydrogen) atoms. The summed E-state index contributed by atoms with van der Waals surface area (Å²) >= 11 is 6.10. The van der Waals surface area contributed by atoms with Crippen molar-refractivity contribution in [3.8, 4) is 0 Å². The maximum atomic E-state index is 11.7. The van der Waals surface area contributed by atoms with Crippen LogP contribution in [0.1, 0.15) is 25.3 Å². The van der Waals surface area contributed by atoms with Crippen molar-refractivity contribution in [1.29, 1.82) is 0 Å². The highest BCUT2D eigenvalue weighted by molar-refractivity contribution is 6.31. The maximum absolute atomic E-state index is 11.7. The smallest absolute Gasteiger partial charge is 0.221 e. The quantitative estimate of drug-likeness (QED) is 0.708. The van der Waals surface area contributed by atoms with Crippen LogP contribution in [0.2, 0.25) is 5.02 Å². The van der Waals surface area contributed by atoms with Crippen LogP contribution in [0.25, 0.3) is 0 Å². The number of carbonyl (C=O) groups excluding carboxylic acids is 2. The number of halogens is 1. The van der Waals surface area contributed by atoms with Gasteiger partial charge in [-0.1, -0.05) is 29.8 Å². The molecule has 0 saturated carbocycles. The van der Waals surface area contributed by atoms with Crippen molar-refractivity contribution in [2.75, 3.05) is 26.8 Å². The summed E-state index contributed by atoms with van der Waals surface area (Å²) in [7, 11) is 1.63. The third-order valence-corrected chi connectivity index (χ3v) is 3.59. The number of methoxy groups -OCH3 is 1. The van der Waals surface area contributed by atoms with Gasteiger partial charge in [-0.25, -0.2) is 0 Å². The second-order valence-corrected chi connectivity index (χ2v) is 5.39. The monoisotopic (exact) mass is 326 g/mol. The molecule has 1 rings (SSSR count). The zero-order valence-electron chi connectivity index (χ0n) is 13.1. The predicted octanol–water partition coefficient (Wildman–Crippen LogP) is 2.23. The predicted molar refractivity (Wildman–Crippen MR) is 86.7 cm³/mol. The molecule has 1 aromatic carbocycles. The Bertz CT molecular complexity index is 494. The third-order valence-electron chi connectivity index (χ3n) is 3.22. The highest BCUT2D eigenvalue weighted by atomic mass is 35.5. The van der Waals surface area contributed by atoms with Gasteiger partial charge in [-0.05, 0) is 18.1 Å². The number of amides is 2. The van der Waals surface area contributed by atoms with Gasteiger partial charge in [0, 0.05) is 51.7 Å². The molecular formula is C16H23ClN2O3. The summed E-state index contributed by atoms with van der Waals surface area (Å²) < 4.78 is 4.91. The minimum absolute atomic E-state index is 0.0680. The van der Waals surface area contributed by atoms with E-state index in [4.69, 9.17) is 16.3 Å². The van der Waals surface area contributed by atoms with E-state index in [2.05, 4.69) is 5.32 Å². The van der Waals surface area contributed by atoms with Crippen molar-refractivity contribution >= 4 is 23.4 Å². The van der Waals surface area contributed by atoms with Gasteiger partial charge in [0.05, 0.1) is 0 Å². The molecule has 0 heterocycles. The van der Waals surface area contributed by atoms with E-state index in [1.54, 1.807) is 18.1 Å². The molecule has 0 aliphatic heterocycles. The summed E-state index contributed by atoms with van der Waals surface area (Å²) in [5.74, 6) is -0.145. The normalized spacial score (nSPS) is 10.3. The van der Waals surface area contributed by atoms with E-state index in [0.717, 1.165) is 12.0 Å². The van der Waals surface area contributed by atoms with Crippen molar-refractivity contribution in [2.45, 2.75) is 26.3 Å². The SMILES string of the molecule is COCCCNC(=O)CCN(Cc1ccccc1Cl)C(C)=O. The van der Waals surface area contributed by atoms with Gasteiger partial charge in [-0.2, -0.15) is 0 Å². The van der Waals surface area contributed by atoms with Crippen LogP contribution in [0, 0.1) is 0 Å². The molecule has 1 aromatic rings. The summed E-state index contributed by atoms with van der Waals surface area (Å²) in [4.78, 5) is 25.1. The lowest BCUT2D eigenvalue weighted by Crippen LogP contribution is -2.34. The number of hydrogen-bond donors (Lipinski definition) is 1. The standard InChI is InChI=1S/C16H23ClN2O3/c1-13(20)19(12-14-6-3-4-7-15(14)17)10-8-16(21)18-9-5-11-22-2/h3-4,6-7H,5,8-12H2,1-2H3,(H,18,21). The van der Waals surface area contributed by atoms with Crippen molar-refractivity contribution < 1.29 is 14.3 Å². The summed E-state index contributed by atoms with van der Waals surface area (Å²) in [6, 6.07) is 7.39. The molecule has 5 nitrogen and oxygen atoms in total. The molecule has 1 N–H and O–H groups in total. The Kier molecular flexibility index (Phi) is 8.55. The molecule has 0 aliphatic carbocycles. The van der Waals surface area contributed by atoms with E-state index < -0.39 is 0 Å². The zero-order valence-corrected chi connectivity index (χ0v) is 13.9. The van der Waals surface area contributed by atoms with Crippen LogP contribution in [0.3, 0.4) is 0 Å². The molecule has 0 bridgehead atoms. The van der Waals surface area contributed by atoms with Gasteiger partial charge in [0.1, 0.15) is 0 Å². The van der Waals surface area contributed by atoms with Crippen molar-refractivity contribution in [1.82, 2.24) is 10.2 Å². The Hall–Kier alpha value is -1.59. The van der Waals surface area contributed by atoms with Crippen molar-refractivity contribution in [3.05, 3.63) is 34.9 Å². The van der Waals surface area contributed by atoms with Crippen LogP contribution >= 0.6 is 11.6 Å². The van der Waals surface area contributed by atoms with E-state index in [9.17, 15) is 9.59 Å². The lowest BCUT2D eigenvalue weighted by molar-refractivity contribution is -0.130. The lowest BCUT2D eigenvalue weighted by atomic mass is 10.2. The highest BCUT2D eigenvalue weighted by Crippen LogP contribution is 2.17. The number of nitrogens with zero attached hydrogens (tertiary/aromatic N) is 1. The molecule has 0 unspecified atom stereocenters. The van der Waals surface area contributed by atoms with Gasteiger partial charge in [0.25, 0.3) is 0 Å². The third kappa shape index (κ3) is 6.91. The Morgan fingerprint density at radius 3 is 2.68 bits per heavy atom.